The molecular formula is C26H18BrClN2O4S. The molecule has 0 spiro atoms. The Kier molecular flexibility index (Phi) is 7.81. The topological polar surface area (TPSA) is 79.6 Å². The Labute approximate surface area is 220 Å². The van der Waals surface area contributed by atoms with Crippen molar-refractivity contribution in [2.75, 3.05) is 7.11 Å². The summed E-state index contributed by atoms with van der Waals surface area (Å²) < 4.78 is 12.2. The molecule has 1 aliphatic rings. The van der Waals surface area contributed by atoms with Crippen LogP contribution in [0.3, 0.4) is 0 Å². The van der Waals surface area contributed by atoms with Crippen LogP contribution < -0.4 is 9.47 Å². The van der Waals surface area contributed by atoms with Crippen molar-refractivity contribution >= 4 is 56.5 Å². The first-order chi connectivity index (χ1) is 16.9. The smallest absolute Gasteiger partial charge is 0.293 e. The molecule has 3 aromatic rings. The second-order valence-electron chi connectivity index (χ2n) is 7.49. The Balaban J connectivity index is 1.55. The van der Waals surface area contributed by atoms with Crippen LogP contribution in [0.15, 0.2) is 70.0 Å². The highest BCUT2D eigenvalue weighted by Gasteiger charge is 2.35. The van der Waals surface area contributed by atoms with Crippen LogP contribution >= 0.6 is 39.3 Å². The van der Waals surface area contributed by atoms with E-state index in [1.807, 2.05) is 30.3 Å². The van der Waals surface area contributed by atoms with Crippen molar-refractivity contribution < 1.29 is 19.1 Å². The van der Waals surface area contributed by atoms with Crippen LogP contribution in [0.1, 0.15) is 22.3 Å². The van der Waals surface area contributed by atoms with Gasteiger partial charge in [0.15, 0.2) is 11.5 Å². The van der Waals surface area contributed by atoms with E-state index >= 15 is 0 Å². The Morgan fingerprint density at radius 3 is 2.69 bits per heavy atom. The molecule has 1 fully saturated rings. The van der Waals surface area contributed by atoms with E-state index < -0.39 is 0 Å². The molecule has 176 valence electrons. The van der Waals surface area contributed by atoms with Crippen LogP contribution in [0.5, 0.6) is 11.5 Å². The number of hydrogen-bond acceptors (Lipinski definition) is 6. The van der Waals surface area contributed by atoms with E-state index in [2.05, 4.69) is 22.0 Å². The van der Waals surface area contributed by atoms with Crippen LogP contribution in [-0.2, 0) is 17.9 Å². The predicted octanol–water partition coefficient (Wildman–Crippen LogP) is 6.80. The SMILES string of the molecule is COc1cc(/C=C2\SC(=O)N(Cc3cccc(Br)c3)C2=O)cc(Cl)c1OCc1ccccc1C#N. The van der Waals surface area contributed by atoms with Gasteiger partial charge in [0.25, 0.3) is 11.1 Å². The molecule has 0 saturated carbocycles. The van der Waals surface area contributed by atoms with Crippen molar-refractivity contribution in [3.8, 4) is 17.6 Å². The highest BCUT2D eigenvalue weighted by Crippen LogP contribution is 2.39. The molecule has 0 aromatic heterocycles. The summed E-state index contributed by atoms with van der Waals surface area (Å²) in [6, 6.07) is 20.0. The van der Waals surface area contributed by atoms with Gasteiger partial charge in [0, 0.05) is 10.0 Å². The predicted molar refractivity (Wildman–Crippen MR) is 139 cm³/mol. The average molecular weight is 570 g/mol. The molecule has 0 unspecified atom stereocenters. The Bertz CT molecular complexity index is 1390. The van der Waals surface area contributed by atoms with Crippen LogP contribution in [0, 0.1) is 11.3 Å². The molecule has 0 aliphatic carbocycles. The van der Waals surface area contributed by atoms with E-state index in [0.717, 1.165) is 27.4 Å². The summed E-state index contributed by atoms with van der Waals surface area (Å²) in [5, 5.41) is 9.21. The molecule has 1 heterocycles. The largest absolute Gasteiger partial charge is 0.493 e. The number of methoxy groups -OCH3 is 1. The monoisotopic (exact) mass is 568 g/mol. The van der Waals surface area contributed by atoms with E-state index in [-0.39, 0.29) is 29.3 Å². The third-order valence-corrected chi connectivity index (χ3v) is 6.84. The second kappa shape index (κ2) is 11.0. The molecule has 1 saturated heterocycles. The third kappa shape index (κ3) is 5.70. The summed E-state index contributed by atoms with van der Waals surface area (Å²) in [4.78, 5) is 26.9. The fourth-order valence-corrected chi connectivity index (χ4v) is 5.03. The van der Waals surface area contributed by atoms with Gasteiger partial charge < -0.3 is 9.47 Å². The first kappa shape index (κ1) is 24.9. The van der Waals surface area contributed by atoms with Crippen LogP contribution in [-0.4, -0.2) is 23.2 Å². The fourth-order valence-electron chi connectivity index (χ4n) is 3.47. The first-order valence-electron chi connectivity index (χ1n) is 10.4. The molecule has 0 bridgehead atoms. The maximum absolute atomic E-state index is 12.9. The lowest BCUT2D eigenvalue weighted by molar-refractivity contribution is -0.123. The minimum atomic E-state index is -0.372. The lowest BCUT2D eigenvalue weighted by Gasteiger charge is -2.14. The van der Waals surface area contributed by atoms with Gasteiger partial charge in [0.2, 0.25) is 0 Å². The van der Waals surface area contributed by atoms with Crippen molar-refractivity contribution in [3.63, 3.8) is 0 Å². The number of ether oxygens (including phenoxy) is 2. The number of rotatable bonds is 7. The van der Waals surface area contributed by atoms with E-state index in [0.29, 0.717) is 27.5 Å². The summed E-state index contributed by atoms with van der Waals surface area (Å²) in [7, 11) is 1.48. The molecule has 1 aliphatic heterocycles. The van der Waals surface area contributed by atoms with Gasteiger partial charge in [0.05, 0.1) is 35.2 Å². The molecule has 0 N–H and O–H groups in total. The molecule has 0 radical (unpaired) electrons. The maximum Gasteiger partial charge on any atom is 0.293 e. The number of amides is 2. The van der Waals surface area contributed by atoms with Gasteiger partial charge in [-0.1, -0.05) is 57.9 Å². The number of benzene rings is 3. The van der Waals surface area contributed by atoms with E-state index in [4.69, 9.17) is 21.1 Å². The normalized spacial score (nSPS) is 14.3. The number of carbonyl (C=O) groups excluding carboxylic acids is 2. The van der Waals surface area contributed by atoms with Crippen LogP contribution in [0.2, 0.25) is 5.02 Å². The zero-order valence-corrected chi connectivity index (χ0v) is 21.6. The lowest BCUT2D eigenvalue weighted by Crippen LogP contribution is -2.27. The number of thioether (sulfide) groups is 1. The van der Waals surface area contributed by atoms with Gasteiger partial charge >= 0.3 is 0 Å². The molecule has 4 rings (SSSR count). The Morgan fingerprint density at radius 1 is 1.14 bits per heavy atom. The van der Waals surface area contributed by atoms with Crippen molar-refractivity contribution in [2.24, 2.45) is 0 Å². The van der Waals surface area contributed by atoms with Gasteiger partial charge in [0.1, 0.15) is 6.61 Å². The van der Waals surface area contributed by atoms with Crippen LogP contribution in [0.4, 0.5) is 4.79 Å². The number of halogens is 2. The van der Waals surface area contributed by atoms with Crippen molar-refractivity contribution in [1.29, 1.82) is 5.26 Å². The molecular weight excluding hydrogens is 552 g/mol. The highest BCUT2D eigenvalue weighted by molar-refractivity contribution is 9.10. The fraction of sp³-hybridized carbons (Fsp3) is 0.115. The molecule has 3 aromatic carbocycles. The summed E-state index contributed by atoms with van der Waals surface area (Å²) in [5.74, 6) is 0.317. The van der Waals surface area contributed by atoms with E-state index in [1.165, 1.54) is 12.0 Å². The molecule has 35 heavy (non-hydrogen) atoms. The summed E-state index contributed by atoms with van der Waals surface area (Å²) >= 11 is 10.8. The zero-order valence-electron chi connectivity index (χ0n) is 18.5. The van der Waals surface area contributed by atoms with Gasteiger partial charge in [-0.15, -0.1) is 0 Å². The minimum absolute atomic E-state index is 0.133. The third-order valence-electron chi connectivity index (χ3n) is 5.16. The standard InChI is InChI=1S/C26H18BrClN2O4S/c1-33-22-11-17(10-21(28)24(22)34-15-19-7-3-2-6-18(19)13-29)12-23-25(31)30(26(32)35-23)14-16-5-4-8-20(27)9-16/h2-12H,14-15H2,1H3/b23-12-. The van der Waals surface area contributed by atoms with Gasteiger partial charge in [-0.25, -0.2) is 0 Å². The maximum atomic E-state index is 12.9. The van der Waals surface area contributed by atoms with E-state index in [9.17, 15) is 14.9 Å². The van der Waals surface area contributed by atoms with E-state index in [1.54, 1.807) is 36.4 Å². The van der Waals surface area contributed by atoms with Crippen molar-refractivity contribution in [3.05, 3.63) is 97.3 Å². The lowest BCUT2D eigenvalue weighted by atomic mass is 10.1. The highest BCUT2D eigenvalue weighted by atomic mass is 79.9. The Hall–Kier alpha value is -3.25. The van der Waals surface area contributed by atoms with Gasteiger partial charge in [-0.3, -0.25) is 14.5 Å². The summed E-state index contributed by atoms with van der Waals surface area (Å²) in [6.45, 7) is 0.316. The van der Waals surface area contributed by atoms with Gasteiger partial charge in [-0.2, -0.15) is 5.26 Å². The quantitative estimate of drug-likeness (QED) is 0.291. The Morgan fingerprint density at radius 2 is 1.94 bits per heavy atom. The van der Waals surface area contributed by atoms with Crippen LogP contribution in [0.25, 0.3) is 6.08 Å². The summed E-state index contributed by atoms with van der Waals surface area (Å²) in [6.07, 6.45) is 1.61. The number of imide groups is 1. The molecule has 6 nitrogen and oxygen atoms in total. The number of carbonyl (C=O) groups is 2. The number of hydrogen-bond donors (Lipinski definition) is 0. The minimum Gasteiger partial charge on any atom is -0.493 e. The first-order valence-corrected chi connectivity index (χ1v) is 12.4. The second-order valence-corrected chi connectivity index (χ2v) is 9.81. The van der Waals surface area contributed by atoms with Gasteiger partial charge in [-0.05, 0) is 59.3 Å². The van der Waals surface area contributed by atoms with Crippen molar-refractivity contribution in [1.82, 2.24) is 4.90 Å². The number of nitriles is 1. The molecule has 9 heteroatoms. The molecule has 2 amide bonds. The number of nitrogens with zero attached hydrogens (tertiary/aromatic N) is 2. The summed E-state index contributed by atoms with van der Waals surface area (Å²) in [5.41, 5.74) is 2.66. The molecule has 0 atom stereocenters. The zero-order chi connectivity index (χ0) is 24.9. The average Bonchev–Trinajstić information content (AvgIpc) is 3.10. The van der Waals surface area contributed by atoms with Crippen molar-refractivity contribution in [2.45, 2.75) is 13.2 Å².